The van der Waals surface area contributed by atoms with Crippen molar-refractivity contribution in [1.29, 1.82) is 0 Å². The molecule has 1 aromatic rings. The van der Waals surface area contributed by atoms with Crippen molar-refractivity contribution in [1.82, 2.24) is 20.4 Å². The van der Waals surface area contributed by atoms with Gasteiger partial charge in [-0.25, -0.2) is 5.84 Å². The molecule has 1 fully saturated rings. The lowest BCUT2D eigenvalue weighted by atomic mass is 10.3. The van der Waals surface area contributed by atoms with Crippen LogP contribution < -0.4 is 16.6 Å². The largest absolute Gasteiger partial charge is 0.352 e. The second-order valence-corrected chi connectivity index (χ2v) is 5.13. The normalized spacial score (nSPS) is 20.5. The molecule has 0 radical (unpaired) electrons. The zero-order valence-electron chi connectivity index (χ0n) is 9.64. The Hall–Kier alpha value is -1.25. The van der Waals surface area contributed by atoms with Crippen LogP contribution in [0.3, 0.4) is 0 Å². The lowest BCUT2D eigenvalue weighted by Crippen LogP contribution is -2.35. The number of rotatable bonds is 4. The molecular weight excluding hydrogens is 240 g/mol. The lowest BCUT2D eigenvalue weighted by Gasteiger charge is -2.14. The number of carbonyl (C=O) groups excluding carboxylic acids is 1. The summed E-state index contributed by atoms with van der Waals surface area (Å²) in [6.45, 7) is 4.14. The Balaban J connectivity index is 1.83. The predicted octanol–water partition coefficient (Wildman–Crippen LogP) is -0.466. The number of anilines is 1. The van der Waals surface area contributed by atoms with Crippen LogP contribution in [-0.4, -0.2) is 40.1 Å². The molecule has 7 nitrogen and oxygen atoms in total. The maximum Gasteiger partial charge on any atom is 0.219 e. The highest BCUT2D eigenvalue weighted by molar-refractivity contribution is 7.15. The smallest absolute Gasteiger partial charge is 0.219 e. The van der Waals surface area contributed by atoms with E-state index >= 15 is 0 Å². The highest BCUT2D eigenvalue weighted by Gasteiger charge is 2.23. The van der Waals surface area contributed by atoms with Gasteiger partial charge in [0.25, 0.3) is 0 Å². The van der Waals surface area contributed by atoms with Crippen LogP contribution in [0.5, 0.6) is 0 Å². The highest BCUT2D eigenvalue weighted by Crippen LogP contribution is 2.18. The molecule has 2 rings (SSSR count). The van der Waals surface area contributed by atoms with Crippen molar-refractivity contribution in [3.8, 4) is 0 Å². The van der Waals surface area contributed by atoms with Crippen LogP contribution in [-0.2, 0) is 11.3 Å². The topological polar surface area (TPSA) is 96.2 Å². The third-order valence-electron chi connectivity index (χ3n) is 2.63. The molecule has 1 saturated heterocycles. The summed E-state index contributed by atoms with van der Waals surface area (Å²) in [6, 6.07) is 0.257. The molecular formula is C9H16N6OS. The Bertz CT molecular complexity index is 395. The number of likely N-dealkylation sites (tertiary alicyclic amines) is 1. The average molecular weight is 256 g/mol. The number of hydrogen-bond acceptors (Lipinski definition) is 7. The number of aromatic nitrogens is 2. The maximum absolute atomic E-state index is 10.9. The van der Waals surface area contributed by atoms with Crippen LogP contribution in [0.2, 0.25) is 0 Å². The fourth-order valence-electron chi connectivity index (χ4n) is 1.95. The number of nitrogens with zero attached hydrogens (tertiary/aromatic N) is 3. The molecule has 1 amide bonds. The minimum Gasteiger partial charge on any atom is -0.352 e. The number of amides is 1. The molecule has 1 unspecified atom stereocenters. The van der Waals surface area contributed by atoms with Crippen molar-refractivity contribution in [3.63, 3.8) is 0 Å². The van der Waals surface area contributed by atoms with E-state index < -0.39 is 0 Å². The Morgan fingerprint density at radius 3 is 3.12 bits per heavy atom. The summed E-state index contributed by atoms with van der Waals surface area (Å²) in [7, 11) is 0. The van der Waals surface area contributed by atoms with E-state index in [1.165, 1.54) is 11.3 Å². The molecule has 94 valence electrons. The average Bonchev–Trinajstić information content (AvgIpc) is 2.88. The van der Waals surface area contributed by atoms with Gasteiger partial charge in [-0.05, 0) is 6.42 Å². The zero-order valence-corrected chi connectivity index (χ0v) is 10.5. The summed E-state index contributed by atoms with van der Waals surface area (Å²) < 4.78 is 0. The summed E-state index contributed by atoms with van der Waals surface area (Å²) in [4.78, 5) is 13.2. The monoisotopic (exact) mass is 256 g/mol. The van der Waals surface area contributed by atoms with Gasteiger partial charge in [-0.2, -0.15) is 0 Å². The number of hydrogen-bond donors (Lipinski definition) is 3. The summed E-state index contributed by atoms with van der Waals surface area (Å²) in [5, 5.41) is 12.4. The number of carbonyl (C=O) groups is 1. The van der Waals surface area contributed by atoms with Gasteiger partial charge in [0.05, 0.1) is 6.54 Å². The third kappa shape index (κ3) is 3.35. The molecule has 8 heteroatoms. The third-order valence-corrected chi connectivity index (χ3v) is 3.47. The number of nitrogens with one attached hydrogen (secondary N) is 2. The minimum atomic E-state index is 0.0300. The van der Waals surface area contributed by atoms with Gasteiger partial charge in [-0.3, -0.25) is 15.1 Å². The van der Waals surface area contributed by atoms with Gasteiger partial charge in [0.2, 0.25) is 11.0 Å². The van der Waals surface area contributed by atoms with Gasteiger partial charge in [0, 0.05) is 26.1 Å². The molecule has 0 aromatic carbocycles. The van der Waals surface area contributed by atoms with Crippen LogP contribution in [0.4, 0.5) is 5.13 Å². The van der Waals surface area contributed by atoms with E-state index in [4.69, 9.17) is 5.84 Å². The van der Waals surface area contributed by atoms with Crippen LogP contribution in [0.15, 0.2) is 0 Å². The van der Waals surface area contributed by atoms with E-state index in [0.29, 0.717) is 5.13 Å². The molecule has 4 N–H and O–H groups in total. The van der Waals surface area contributed by atoms with Crippen LogP contribution in [0.25, 0.3) is 0 Å². The van der Waals surface area contributed by atoms with E-state index in [1.807, 2.05) is 0 Å². The van der Waals surface area contributed by atoms with Gasteiger partial charge in [-0.1, -0.05) is 11.3 Å². The highest BCUT2D eigenvalue weighted by atomic mass is 32.1. The number of nitrogens with two attached hydrogens (primary N) is 1. The van der Waals surface area contributed by atoms with Crippen molar-refractivity contribution >= 4 is 22.4 Å². The zero-order chi connectivity index (χ0) is 12.3. The second-order valence-electron chi connectivity index (χ2n) is 4.07. The van der Waals surface area contributed by atoms with Crippen LogP contribution >= 0.6 is 11.3 Å². The summed E-state index contributed by atoms with van der Waals surface area (Å²) >= 11 is 1.45. The first kappa shape index (κ1) is 12.2. The Labute approximate surface area is 103 Å². The molecule has 2 heterocycles. The quantitative estimate of drug-likeness (QED) is 0.498. The number of nitrogen functional groups attached to an aromatic ring is 1. The first-order chi connectivity index (χ1) is 8.17. The second kappa shape index (κ2) is 5.39. The van der Waals surface area contributed by atoms with Crippen molar-refractivity contribution in [3.05, 3.63) is 5.01 Å². The van der Waals surface area contributed by atoms with Crippen molar-refractivity contribution in [2.75, 3.05) is 18.5 Å². The van der Waals surface area contributed by atoms with Crippen LogP contribution in [0, 0.1) is 0 Å². The van der Waals surface area contributed by atoms with Crippen LogP contribution in [0.1, 0.15) is 18.4 Å². The van der Waals surface area contributed by atoms with E-state index in [0.717, 1.165) is 31.1 Å². The van der Waals surface area contributed by atoms with Crippen molar-refractivity contribution in [2.24, 2.45) is 5.84 Å². The van der Waals surface area contributed by atoms with E-state index in [-0.39, 0.29) is 11.9 Å². The summed E-state index contributed by atoms with van der Waals surface area (Å²) in [5.41, 5.74) is 2.48. The summed E-state index contributed by atoms with van der Waals surface area (Å²) in [6.07, 6.45) is 0.986. The van der Waals surface area contributed by atoms with E-state index in [2.05, 4.69) is 25.8 Å². The molecule has 1 atom stereocenters. The Morgan fingerprint density at radius 2 is 2.47 bits per heavy atom. The number of hydrazine groups is 1. The predicted molar refractivity (Wildman–Crippen MR) is 65.2 cm³/mol. The first-order valence-electron chi connectivity index (χ1n) is 5.46. The molecule has 0 spiro atoms. The van der Waals surface area contributed by atoms with Gasteiger partial charge in [-0.15, -0.1) is 10.2 Å². The summed E-state index contributed by atoms with van der Waals surface area (Å²) in [5.74, 6) is 5.28. The van der Waals surface area contributed by atoms with Gasteiger partial charge in [0.15, 0.2) is 0 Å². The molecule has 0 bridgehead atoms. The molecule has 1 aliphatic heterocycles. The standard InChI is InChI=1S/C9H16N6OS/c1-6(16)11-7-2-3-15(4-7)5-8-13-14-9(12-10)17-8/h7H,2-5,10H2,1H3,(H,11,16)(H,12,14). The molecule has 1 aromatic heterocycles. The Kier molecular flexibility index (Phi) is 3.87. The fourth-order valence-corrected chi connectivity index (χ4v) is 2.64. The SMILES string of the molecule is CC(=O)NC1CCN(Cc2nnc(NN)s2)C1. The van der Waals surface area contributed by atoms with Gasteiger partial charge >= 0.3 is 0 Å². The van der Waals surface area contributed by atoms with Crippen molar-refractivity contribution in [2.45, 2.75) is 25.9 Å². The maximum atomic E-state index is 10.9. The lowest BCUT2D eigenvalue weighted by molar-refractivity contribution is -0.119. The van der Waals surface area contributed by atoms with Gasteiger partial charge < -0.3 is 5.32 Å². The molecule has 0 aliphatic carbocycles. The Morgan fingerprint density at radius 1 is 1.65 bits per heavy atom. The van der Waals surface area contributed by atoms with E-state index in [9.17, 15) is 4.79 Å². The first-order valence-corrected chi connectivity index (χ1v) is 6.27. The fraction of sp³-hybridized carbons (Fsp3) is 0.667. The van der Waals surface area contributed by atoms with Crippen molar-refractivity contribution < 1.29 is 4.79 Å². The molecule has 1 aliphatic rings. The molecule has 0 saturated carbocycles. The van der Waals surface area contributed by atoms with Gasteiger partial charge in [0.1, 0.15) is 5.01 Å². The van der Waals surface area contributed by atoms with E-state index in [1.54, 1.807) is 6.92 Å². The minimum absolute atomic E-state index is 0.0300. The molecule has 17 heavy (non-hydrogen) atoms.